The van der Waals surface area contributed by atoms with E-state index in [1.807, 2.05) is 24.8 Å². The first kappa shape index (κ1) is 24.1. The summed E-state index contributed by atoms with van der Waals surface area (Å²) in [5.74, 6) is -1.81. The van der Waals surface area contributed by atoms with Crippen molar-refractivity contribution in [2.45, 2.75) is 32.1 Å². The smallest absolute Gasteiger partial charge is 0.389 e. The van der Waals surface area contributed by atoms with E-state index >= 15 is 4.39 Å². The SMILES string of the molecule is C[C@@H]1CN(c2ncnc3c(F)c(-c4ccc(F)c5sc(N)c(C#N)c45)c(C(F)(F)F)cc23)[C@@H](C)CN1. The maximum absolute atomic E-state index is 16.1. The molecule has 4 aromatic rings. The number of benzene rings is 2. The van der Waals surface area contributed by atoms with Gasteiger partial charge in [-0.1, -0.05) is 6.07 Å². The Kier molecular flexibility index (Phi) is 5.72. The van der Waals surface area contributed by atoms with Gasteiger partial charge in [0.25, 0.3) is 0 Å². The average molecular weight is 519 g/mol. The van der Waals surface area contributed by atoms with Crippen molar-refractivity contribution < 1.29 is 22.0 Å². The molecule has 3 heterocycles. The van der Waals surface area contributed by atoms with Crippen molar-refractivity contribution in [1.82, 2.24) is 15.3 Å². The fourth-order valence-corrected chi connectivity index (χ4v) is 5.64. The molecule has 0 unspecified atom stereocenters. The number of nitrogens with one attached hydrogen (secondary N) is 1. The van der Waals surface area contributed by atoms with Crippen LogP contribution in [0, 0.1) is 23.0 Å². The molecule has 2 atom stereocenters. The third-order valence-electron chi connectivity index (χ3n) is 6.39. The van der Waals surface area contributed by atoms with Crippen LogP contribution < -0.4 is 16.0 Å². The lowest BCUT2D eigenvalue weighted by atomic mass is 9.92. The van der Waals surface area contributed by atoms with Crippen LogP contribution in [0.3, 0.4) is 0 Å². The van der Waals surface area contributed by atoms with E-state index in [4.69, 9.17) is 5.73 Å². The van der Waals surface area contributed by atoms with E-state index in [1.54, 1.807) is 0 Å². The third-order valence-corrected chi connectivity index (χ3v) is 7.42. The van der Waals surface area contributed by atoms with Gasteiger partial charge in [-0.15, -0.1) is 11.3 Å². The Morgan fingerprint density at radius 2 is 1.97 bits per heavy atom. The summed E-state index contributed by atoms with van der Waals surface area (Å²) in [7, 11) is 0. The minimum atomic E-state index is -4.98. The molecule has 1 fully saturated rings. The van der Waals surface area contributed by atoms with Gasteiger partial charge in [-0.3, -0.25) is 0 Å². The maximum Gasteiger partial charge on any atom is 0.417 e. The van der Waals surface area contributed by atoms with Gasteiger partial charge in [-0.05, 0) is 31.5 Å². The van der Waals surface area contributed by atoms with Gasteiger partial charge in [-0.2, -0.15) is 18.4 Å². The van der Waals surface area contributed by atoms with Gasteiger partial charge in [0, 0.05) is 41.5 Å². The molecule has 0 aliphatic carbocycles. The molecule has 1 saturated heterocycles. The molecular weight excluding hydrogens is 499 g/mol. The number of aromatic nitrogens is 2. The Labute approximate surface area is 206 Å². The van der Waals surface area contributed by atoms with Crippen molar-refractivity contribution >= 4 is 43.1 Å². The topological polar surface area (TPSA) is 90.9 Å². The van der Waals surface area contributed by atoms with E-state index in [9.17, 15) is 22.8 Å². The average Bonchev–Trinajstić information content (AvgIpc) is 3.17. The summed E-state index contributed by atoms with van der Waals surface area (Å²) in [5, 5.41) is 12.5. The second-order valence-electron chi connectivity index (χ2n) is 8.77. The van der Waals surface area contributed by atoms with E-state index in [0.29, 0.717) is 13.1 Å². The minimum Gasteiger partial charge on any atom is -0.389 e. The van der Waals surface area contributed by atoms with Crippen molar-refractivity contribution in [1.29, 1.82) is 5.26 Å². The number of nitrogen functional groups attached to an aromatic ring is 1. The number of hydrogen-bond acceptors (Lipinski definition) is 7. The Morgan fingerprint density at radius 3 is 2.67 bits per heavy atom. The Morgan fingerprint density at radius 1 is 1.22 bits per heavy atom. The van der Waals surface area contributed by atoms with E-state index in [1.165, 1.54) is 0 Å². The van der Waals surface area contributed by atoms with Crippen LogP contribution in [0.5, 0.6) is 0 Å². The molecule has 0 spiro atoms. The summed E-state index contributed by atoms with van der Waals surface area (Å²) in [6.45, 7) is 4.85. The highest BCUT2D eigenvalue weighted by atomic mass is 32.1. The zero-order chi connectivity index (χ0) is 25.9. The Bertz CT molecular complexity index is 1560. The molecule has 5 rings (SSSR count). The number of thiophene rings is 1. The van der Waals surface area contributed by atoms with Crippen molar-refractivity contribution in [2.75, 3.05) is 23.7 Å². The van der Waals surface area contributed by atoms with Crippen LogP contribution in [-0.4, -0.2) is 35.1 Å². The third kappa shape index (κ3) is 3.70. The quantitative estimate of drug-likeness (QED) is 0.343. The Hall–Kier alpha value is -3.56. The molecule has 1 aliphatic rings. The number of nitrogens with two attached hydrogens (primary N) is 1. The fraction of sp³-hybridized carbons (Fsp3) is 0.292. The van der Waals surface area contributed by atoms with E-state index in [2.05, 4.69) is 15.3 Å². The number of nitrogens with zero attached hydrogens (tertiary/aromatic N) is 4. The van der Waals surface area contributed by atoms with Gasteiger partial charge in [0.15, 0.2) is 5.82 Å². The monoisotopic (exact) mass is 518 g/mol. The molecule has 1 aliphatic heterocycles. The number of anilines is 2. The lowest BCUT2D eigenvalue weighted by Gasteiger charge is -2.38. The van der Waals surface area contributed by atoms with Crippen molar-refractivity contribution in [2.24, 2.45) is 0 Å². The van der Waals surface area contributed by atoms with Crippen molar-refractivity contribution in [3.8, 4) is 17.2 Å². The summed E-state index contributed by atoms with van der Waals surface area (Å²) in [6, 6.07) is 4.54. The fourth-order valence-electron chi connectivity index (χ4n) is 4.69. The number of nitriles is 1. The first-order valence-electron chi connectivity index (χ1n) is 11.0. The van der Waals surface area contributed by atoms with Crippen LogP contribution in [0.15, 0.2) is 24.5 Å². The number of halogens is 5. The van der Waals surface area contributed by atoms with Crippen LogP contribution in [0.4, 0.5) is 32.8 Å². The molecule has 3 N–H and O–H groups in total. The van der Waals surface area contributed by atoms with Gasteiger partial charge >= 0.3 is 6.18 Å². The van der Waals surface area contributed by atoms with Gasteiger partial charge < -0.3 is 16.0 Å². The van der Waals surface area contributed by atoms with Crippen LogP contribution >= 0.6 is 11.3 Å². The summed E-state index contributed by atoms with van der Waals surface area (Å²) in [4.78, 5) is 10.0. The van der Waals surface area contributed by atoms with Crippen molar-refractivity contribution in [3.05, 3.63) is 47.3 Å². The molecule has 186 valence electrons. The molecular formula is C24H19F5N6S. The molecule has 0 bridgehead atoms. The first-order valence-corrected chi connectivity index (χ1v) is 11.8. The highest BCUT2D eigenvalue weighted by Gasteiger charge is 2.38. The number of fused-ring (bicyclic) bond motifs is 2. The number of piperazine rings is 1. The lowest BCUT2D eigenvalue weighted by Crippen LogP contribution is -2.54. The van der Waals surface area contributed by atoms with E-state index < -0.39 is 28.9 Å². The highest BCUT2D eigenvalue weighted by molar-refractivity contribution is 7.23. The molecule has 0 amide bonds. The molecule has 0 saturated carbocycles. The number of hydrogen-bond donors (Lipinski definition) is 2. The minimum absolute atomic E-state index is 0.0402. The number of alkyl halides is 3. The van der Waals surface area contributed by atoms with E-state index in [-0.39, 0.29) is 55.0 Å². The van der Waals surface area contributed by atoms with Gasteiger partial charge in [0.2, 0.25) is 0 Å². The van der Waals surface area contributed by atoms with E-state index in [0.717, 1.165) is 35.9 Å². The van der Waals surface area contributed by atoms with Crippen LogP contribution in [0.1, 0.15) is 25.0 Å². The molecule has 0 radical (unpaired) electrons. The Balaban J connectivity index is 1.87. The molecule has 2 aromatic carbocycles. The number of rotatable bonds is 2. The zero-order valence-electron chi connectivity index (χ0n) is 19.0. The summed E-state index contributed by atoms with van der Waals surface area (Å²) >= 11 is 0.722. The maximum atomic E-state index is 16.1. The van der Waals surface area contributed by atoms with Crippen LogP contribution in [-0.2, 0) is 6.18 Å². The predicted octanol–water partition coefficient (Wildman–Crippen LogP) is 5.45. The van der Waals surface area contributed by atoms with Gasteiger partial charge in [0.05, 0.1) is 15.8 Å². The molecule has 2 aromatic heterocycles. The van der Waals surface area contributed by atoms with Crippen LogP contribution in [0.25, 0.3) is 32.1 Å². The first-order chi connectivity index (χ1) is 17.0. The largest absolute Gasteiger partial charge is 0.417 e. The zero-order valence-corrected chi connectivity index (χ0v) is 19.9. The molecule has 36 heavy (non-hydrogen) atoms. The van der Waals surface area contributed by atoms with Crippen molar-refractivity contribution in [3.63, 3.8) is 0 Å². The second-order valence-corrected chi connectivity index (χ2v) is 9.82. The molecule has 12 heteroatoms. The summed E-state index contributed by atoms with van der Waals surface area (Å²) < 4.78 is 73.8. The predicted molar refractivity (Wildman–Crippen MR) is 129 cm³/mol. The normalized spacial score (nSPS) is 18.7. The lowest BCUT2D eigenvalue weighted by molar-refractivity contribution is -0.137. The standard InChI is InChI=1S/C24H19F5N6S/c1-10-8-35(11(2)7-32-10)23-13-5-15(24(27,28)29)18(19(26)20(13)33-9-34-23)12-3-4-16(25)21-17(12)14(6-30)22(31)36-21/h3-5,9-11,32H,7-8,31H2,1-2H3/t10-,11+/m1/s1. The van der Waals surface area contributed by atoms with Crippen LogP contribution in [0.2, 0.25) is 0 Å². The molecule has 6 nitrogen and oxygen atoms in total. The van der Waals surface area contributed by atoms with Gasteiger partial charge in [-0.25, -0.2) is 18.7 Å². The highest BCUT2D eigenvalue weighted by Crippen LogP contribution is 2.47. The second kappa shape index (κ2) is 8.53. The summed E-state index contributed by atoms with van der Waals surface area (Å²) in [6.07, 6.45) is -3.87. The summed E-state index contributed by atoms with van der Waals surface area (Å²) in [5.41, 5.74) is 2.95. The van der Waals surface area contributed by atoms with Gasteiger partial charge in [0.1, 0.15) is 34.5 Å².